The van der Waals surface area contributed by atoms with Gasteiger partial charge in [-0.25, -0.2) is 0 Å². The van der Waals surface area contributed by atoms with E-state index in [1.165, 1.54) is 36.8 Å². The first-order valence-corrected chi connectivity index (χ1v) is 5.49. The van der Waals surface area contributed by atoms with Crippen molar-refractivity contribution < 1.29 is 0 Å². The van der Waals surface area contributed by atoms with Gasteiger partial charge in [-0.05, 0) is 50.7 Å². The summed E-state index contributed by atoms with van der Waals surface area (Å²) in [4.78, 5) is 0. The smallest absolute Gasteiger partial charge is 0.0239 e. The molecule has 0 heteroatoms. The molecule has 0 bridgehead atoms. The van der Waals surface area contributed by atoms with E-state index in [1.54, 1.807) is 11.1 Å². The summed E-state index contributed by atoms with van der Waals surface area (Å²) in [6, 6.07) is 0. The van der Waals surface area contributed by atoms with E-state index in [0.717, 1.165) is 0 Å². The first-order chi connectivity index (χ1) is 6.75. The van der Waals surface area contributed by atoms with Crippen molar-refractivity contribution in [1.29, 1.82) is 0 Å². The third kappa shape index (κ3) is 5.53. The first kappa shape index (κ1) is 22.2. The van der Waals surface area contributed by atoms with Gasteiger partial charge >= 0.3 is 0 Å². The van der Waals surface area contributed by atoms with Gasteiger partial charge < -0.3 is 0 Å². The molecule has 18 heavy (non-hydrogen) atoms. The summed E-state index contributed by atoms with van der Waals surface area (Å²) in [5.74, 6) is 0. The summed E-state index contributed by atoms with van der Waals surface area (Å²) >= 11 is 0. The minimum Gasteiger partial charge on any atom is -0.0776 e. The van der Waals surface area contributed by atoms with Gasteiger partial charge in [0.1, 0.15) is 0 Å². The van der Waals surface area contributed by atoms with E-state index in [2.05, 4.69) is 38.2 Å². The average molecular weight is 250 g/mol. The fraction of sp³-hybridized carbons (Fsp3) is 0.556. The molecule has 2 aliphatic rings. The highest BCUT2D eigenvalue weighted by atomic mass is 14.2. The van der Waals surface area contributed by atoms with Crippen LogP contribution in [0, 0.1) is 0 Å². The van der Waals surface area contributed by atoms with Crippen molar-refractivity contribution in [3.63, 3.8) is 0 Å². The average Bonchev–Trinajstić information content (AvgIpc) is 2.21. The molecule has 0 saturated heterocycles. The van der Waals surface area contributed by atoms with Gasteiger partial charge in [-0.2, -0.15) is 0 Å². The molecule has 0 amide bonds. The fourth-order valence-corrected chi connectivity index (χ4v) is 2.02. The molecule has 0 radical (unpaired) electrons. The number of hydrogen-bond acceptors (Lipinski definition) is 0. The zero-order valence-corrected chi connectivity index (χ0v) is 9.14. The van der Waals surface area contributed by atoms with Crippen molar-refractivity contribution in [3.05, 3.63) is 46.6 Å². The monoisotopic (exact) mass is 250 g/mol. The molecule has 0 aliphatic heterocycles. The molecule has 0 spiro atoms. The molecular weight excluding hydrogens is 216 g/mol. The van der Waals surface area contributed by atoms with Gasteiger partial charge in [0.05, 0.1) is 0 Å². The van der Waals surface area contributed by atoms with E-state index < -0.39 is 0 Å². The Bertz CT molecular complexity index is 312. The normalized spacial score (nSPS) is 17.2. The van der Waals surface area contributed by atoms with Gasteiger partial charge in [0.15, 0.2) is 0 Å². The van der Waals surface area contributed by atoms with Crippen molar-refractivity contribution in [1.82, 2.24) is 0 Å². The maximum Gasteiger partial charge on any atom is -0.0239 e. The van der Waals surface area contributed by atoms with Crippen LogP contribution in [0.1, 0.15) is 69.2 Å². The first-order valence-electron chi connectivity index (χ1n) is 5.49. The molecule has 0 N–H and O–H groups in total. The van der Waals surface area contributed by atoms with Crippen molar-refractivity contribution in [2.24, 2.45) is 0 Å². The SMILES string of the molecule is C.C.C.C.CC1=CC=C(C2=CC=C(C)CC2)CC1. The third-order valence-electron chi connectivity index (χ3n) is 3.13. The van der Waals surface area contributed by atoms with Crippen LogP contribution in [-0.4, -0.2) is 0 Å². The largest absolute Gasteiger partial charge is 0.0776 e. The Morgan fingerprint density at radius 1 is 0.556 bits per heavy atom. The van der Waals surface area contributed by atoms with Gasteiger partial charge in [0.25, 0.3) is 0 Å². The Kier molecular flexibility index (Phi) is 12.2. The topological polar surface area (TPSA) is 0 Å². The Morgan fingerprint density at radius 2 is 0.889 bits per heavy atom. The summed E-state index contributed by atoms with van der Waals surface area (Å²) in [5.41, 5.74) is 6.13. The predicted octanol–water partition coefficient (Wildman–Crippen LogP) is 6.86. The molecule has 0 atom stereocenters. The maximum absolute atomic E-state index is 2.30. The highest BCUT2D eigenvalue weighted by Crippen LogP contribution is 2.29. The Morgan fingerprint density at radius 3 is 1.11 bits per heavy atom. The number of allylic oxidation sites excluding steroid dienone is 8. The standard InChI is InChI=1S/C14H18.4CH4/c1-11-3-7-13(8-4-11)14-9-5-12(2)6-10-14;;;;/h3,5,7,9H,4,6,8,10H2,1-2H3;4*1H4. The Hall–Kier alpha value is -1.04. The lowest BCUT2D eigenvalue weighted by Gasteiger charge is -2.18. The van der Waals surface area contributed by atoms with E-state index in [0.29, 0.717) is 0 Å². The molecule has 0 unspecified atom stereocenters. The van der Waals surface area contributed by atoms with Gasteiger partial charge in [-0.3, -0.25) is 0 Å². The fourth-order valence-electron chi connectivity index (χ4n) is 2.02. The van der Waals surface area contributed by atoms with E-state index in [-0.39, 0.29) is 29.7 Å². The molecule has 0 heterocycles. The van der Waals surface area contributed by atoms with Crippen LogP contribution >= 0.6 is 0 Å². The van der Waals surface area contributed by atoms with Crippen molar-refractivity contribution in [2.45, 2.75) is 69.2 Å². The van der Waals surface area contributed by atoms with Gasteiger partial charge in [-0.15, -0.1) is 0 Å². The zero-order chi connectivity index (χ0) is 9.97. The molecule has 0 aromatic rings. The second-order valence-electron chi connectivity index (χ2n) is 4.41. The van der Waals surface area contributed by atoms with E-state index >= 15 is 0 Å². The quantitative estimate of drug-likeness (QED) is 0.476. The third-order valence-corrected chi connectivity index (χ3v) is 3.13. The van der Waals surface area contributed by atoms with Gasteiger partial charge in [0.2, 0.25) is 0 Å². The second-order valence-corrected chi connectivity index (χ2v) is 4.41. The van der Waals surface area contributed by atoms with Gasteiger partial charge in [0, 0.05) is 0 Å². The van der Waals surface area contributed by atoms with Crippen molar-refractivity contribution in [2.75, 3.05) is 0 Å². The molecule has 0 fully saturated rings. The summed E-state index contributed by atoms with van der Waals surface area (Å²) < 4.78 is 0. The molecule has 0 saturated carbocycles. The molecule has 0 aromatic heterocycles. The van der Waals surface area contributed by atoms with Crippen LogP contribution in [0.2, 0.25) is 0 Å². The molecule has 106 valence electrons. The van der Waals surface area contributed by atoms with E-state index in [9.17, 15) is 0 Å². The minimum absolute atomic E-state index is 0. The minimum atomic E-state index is 0. The second kappa shape index (κ2) is 9.94. The highest BCUT2D eigenvalue weighted by Gasteiger charge is 2.10. The molecule has 0 nitrogen and oxygen atoms in total. The predicted molar refractivity (Wildman–Crippen MR) is 89.1 cm³/mol. The summed E-state index contributed by atoms with van der Waals surface area (Å²) in [7, 11) is 0. The van der Waals surface area contributed by atoms with Crippen LogP contribution in [0.4, 0.5) is 0 Å². The van der Waals surface area contributed by atoms with E-state index in [1.807, 2.05) is 0 Å². The zero-order valence-electron chi connectivity index (χ0n) is 9.14. The lowest BCUT2D eigenvalue weighted by molar-refractivity contribution is 0.851. The van der Waals surface area contributed by atoms with Crippen LogP contribution in [-0.2, 0) is 0 Å². The molecular formula is C18H34. The van der Waals surface area contributed by atoms with Crippen LogP contribution in [0.3, 0.4) is 0 Å². The Labute approximate surface area is 116 Å². The highest BCUT2D eigenvalue weighted by molar-refractivity contribution is 5.41. The van der Waals surface area contributed by atoms with E-state index in [4.69, 9.17) is 0 Å². The lowest BCUT2D eigenvalue weighted by atomic mass is 9.88. The van der Waals surface area contributed by atoms with Gasteiger partial charge in [-0.1, -0.05) is 65.2 Å². The van der Waals surface area contributed by atoms with Crippen LogP contribution < -0.4 is 0 Å². The van der Waals surface area contributed by atoms with Crippen LogP contribution in [0.15, 0.2) is 46.6 Å². The van der Waals surface area contributed by atoms with Crippen molar-refractivity contribution in [3.8, 4) is 0 Å². The molecule has 2 rings (SSSR count). The lowest BCUT2D eigenvalue weighted by Crippen LogP contribution is -1.98. The molecule has 0 aromatic carbocycles. The van der Waals surface area contributed by atoms with Crippen molar-refractivity contribution >= 4 is 0 Å². The summed E-state index contributed by atoms with van der Waals surface area (Å²) in [6.07, 6.45) is 14.1. The summed E-state index contributed by atoms with van der Waals surface area (Å²) in [6.45, 7) is 4.43. The summed E-state index contributed by atoms with van der Waals surface area (Å²) in [5, 5.41) is 0. The van der Waals surface area contributed by atoms with Crippen LogP contribution in [0.5, 0.6) is 0 Å². The maximum atomic E-state index is 2.30. The molecule has 2 aliphatic carbocycles. The van der Waals surface area contributed by atoms with Crippen LogP contribution in [0.25, 0.3) is 0 Å². The Balaban J connectivity index is -0.000000562. The number of rotatable bonds is 1. The number of hydrogen-bond donors (Lipinski definition) is 0.